The highest BCUT2D eigenvalue weighted by Crippen LogP contribution is 2.44. The van der Waals surface area contributed by atoms with E-state index in [9.17, 15) is 24.0 Å². The number of nitrogens with one attached hydrogen (secondary N) is 2. The van der Waals surface area contributed by atoms with Crippen molar-refractivity contribution < 1.29 is 47.7 Å². The molecule has 3 aromatic carbocycles. The summed E-state index contributed by atoms with van der Waals surface area (Å²) in [6.07, 6.45) is -3.58. The monoisotopic (exact) mass is 716 g/mol. The summed E-state index contributed by atoms with van der Waals surface area (Å²) in [5, 5.41) is 4.97. The van der Waals surface area contributed by atoms with E-state index in [2.05, 4.69) is 10.6 Å². The largest absolute Gasteiger partial charge is 0.460 e. The van der Waals surface area contributed by atoms with Gasteiger partial charge >= 0.3 is 30.1 Å². The second-order valence-electron chi connectivity index (χ2n) is 14.5. The van der Waals surface area contributed by atoms with E-state index in [1.807, 2.05) is 54.6 Å². The second-order valence-corrected chi connectivity index (χ2v) is 14.5. The lowest BCUT2D eigenvalue weighted by molar-refractivity contribution is -0.160. The van der Waals surface area contributed by atoms with Gasteiger partial charge < -0.3 is 34.3 Å². The summed E-state index contributed by atoms with van der Waals surface area (Å²) in [7, 11) is 0. The Hall–Kier alpha value is -5.39. The van der Waals surface area contributed by atoms with Crippen molar-refractivity contribution in [1.82, 2.24) is 10.6 Å². The predicted octanol–water partition coefficient (Wildman–Crippen LogP) is 6.58. The van der Waals surface area contributed by atoms with E-state index in [4.69, 9.17) is 23.7 Å². The van der Waals surface area contributed by atoms with E-state index < -0.39 is 59.5 Å². The van der Waals surface area contributed by atoms with Crippen LogP contribution in [0.4, 0.5) is 9.59 Å². The highest BCUT2D eigenvalue weighted by Gasteiger charge is 2.36. The van der Waals surface area contributed by atoms with Crippen molar-refractivity contribution in [1.29, 1.82) is 0 Å². The lowest BCUT2D eigenvalue weighted by atomic mass is 9.98. The Balaban J connectivity index is 1.48. The molecule has 0 fully saturated rings. The SMILES string of the molecule is C[C@@H](OC(=O)[C@@H](CCC(=O)OC(C)(C)C)NC(=O)OCC1c2ccccc2-c2ccccc21)[C@H](NC(=O)OC(C)(C)C)C(=O)OCc1ccccc1. The van der Waals surface area contributed by atoms with Gasteiger partial charge in [0, 0.05) is 12.3 Å². The van der Waals surface area contributed by atoms with Gasteiger partial charge in [0.1, 0.15) is 36.6 Å². The maximum Gasteiger partial charge on any atom is 0.408 e. The van der Waals surface area contributed by atoms with Crippen molar-refractivity contribution in [3.05, 3.63) is 95.6 Å². The summed E-state index contributed by atoms with van der Waals surface area (Å²) in [5.74, 6) is -2.69. The Bertz CT molecular complexity index is 1680. The van der Waals surface area contributed by atoms with Gasteiger partial charge in [0.2, 0.25) is 0 Å². The van der Waals surface area contributed by atoms with Gasteiger partial charge in [0.05, 0.1) is 0 Å². The first-order valence-electron chi connectivity index (χ1n) is 17.2. The Kier molecular flexibility index (Phi) is 13.0. The minimum atomic E-state index is -1.48. The molecule has 3 aromatic rings. The summed E-state index contributed by atoms with van der Waals surface area (Å²) in [6.45, 7) is 11.4. The van der Waals surface area contributed by atoms with Gasteiger partial charge in [-0.15, -0.1) is 0 Å². The standard InChI is InChI=1S/C40H48N2O10/c1-25(34(42-38(47)52-40(5,6)7)36(45)48-23-26-15-9-8-10-16-26)50-35(44)32(21-22-33(43)51-39(2,3)4)41-37(46)49-24-31-29-19-13-11-17-27(29)28-18-12-14-20-30(28)31/h8-20,25,31-32,34H,21-24H2,1-7H3,(H,41,46)(H,42,47)/t25-,32-,34+/m1/s1. The van der Waals surface area contributed by atoms with Gasteiger partial charge in [-0.2, -0.15) is 0 Å². The fourth-order valence-corrected chi connectivity index (χ4v) is 5.64. The Morgan fingerprint density at radius 1 is 0.673 bits per heavy atom. The zero-order valence-electron chi connectivity index (χ0n) is 30.7. The molecule has 12 nitrogen and oxygen atoms in total. The van der Waals surface area contributed by atoms with Crippen LogP contribution in [0.1, 0.15) is 83.9 Å². The summed E-state index contributed by atoms with van der Waals surface area (Å²) in [5.41, 5.74) is 3.16. The topological polar surface area (TPSA) is 156 Å². The van der Waals surface area contributed by atoms with Gasteiger partial charge in [0.15, 0.2) is 6.04 Å². The lowest BCUT2D eigenvalue weighted by Crippen LogP contribution is -2.52. The van der Waals surface area contributed by atoms with Gasteiger partial charge in [-0.1, -0.05) is 78.9 Å². The number of ether oxygens (including phenoxy) is 5. The van der Waals surface area contributed by atoms with E-state index >= 15 is 0 Å². The van der Waals surface area contributed by atoms with Crippen molar-refractivity contribution in [2.24, 2.45) is 0 Å². The molecule has 0 bridgehead atoms. The van der Waals surface area contributed by atoms with Crippen molar-refractivity contribution in [2.45, 2.75) is 103 Å². The fourth-order valence-electron chi connectivity index (χ4n) is 5.64. The number of fused-ring (bicyclic) bond motifs is 3. The highest BCUT2D eigenvalue weighted by atomic mass is 16.6. The predicted molar refractivity (Wildman–Crippen MR) is 192 cm³/mol. The molecular formula is C40H48N2O10. The van der Waals surface area contributed by atoms with Crippen LogP contribution in [0.2, 0.25) is 0 Å². The number of benzene rings is 3. The molecule has 0 radical (unpaired) electrons. The van der Waals surface area contributed by atoms with Crippen LogP contribution in [-0.2, 0) is 44.7 Å². The summed E-state index contributed by atoms with van der Waals surface area (Å²) in [4.78, 5) is 65.5. The first-order valence-corrected chi connectivity index (χ1v) is 17.2. The van der Waals surface area contributed by atoms with Crippen LogP contribution in [0, 0.1) is 0 Å². The molecule has 4 rings (SSSR count). The molecule has 12 heteroatoms. The number of hydrogen-bond acceptors (Lipinski definition) is 10. The zero-order valence-corrected chi connectivity index (χ0v) is 30.7. The molecule has 0 spiro atoms. The van der Waals surface area contributed by atoms with Crippen molar-refractivity contribution in [3.63, 3.8) is 0 Å². The van der Waals surface area contributed by atoms with Crippen LogP contribution in [0.15, 0.2) is 78.9 Å². The molecule has 0 saturated heterocycles. The second kappa shape index (κ2) is 17.2. The third kappa shape index (κ3) is 11.6. The first kappa shape index (κ1) is 39.4. The Morgan fingerprint density at radius 3 is 1.81 bits per heavy atom. The fraction of sp³-hybridized carbons (Fsp3) is 0.425. The zero-order chi connectivity index (χ0) is 38.1. The molecule has 0 heterocycles. The summed E-state index contributed by atoms with van der Waals surface area (Å²) >= 11 is 0. The number of rotatable bonds is 13. The average molecular weight is 717 g/mol. The minimum Gasteiger partial charge on any atom is -0.460 e. The van der Waals surface area contributed by atoms with Crippen molar-refractivity contribution >= 4 is 30.1 Å². The number of esters is 3. The molecule has 0 saturated carbocycles. The molecule has 0 aliphatic heterocycles. The molecule has 52 heavy (non-hydrogen) atoms. The molecule has 2 N–H and O–H groups in total. The third-order valence-corrected chi connectivity index (χ3v) is 7.90. The van der Waals surface area contributed by atoms with E-state index in [0.717, 1.165) is 22.3 Å². The van der Waals surface area contributed by atoms with E-state index in [-0.39, 0.29) is 32.0 Å². The van der Waals surface area contributed by atoms with Crippen LogP contribution in [0.3, 0.4) is 0 Å². The van der Waals surface area contributed by atoms with Gasteiger partial charge in [-0.05, 0) is 82.7 Å². The van der Waals surface area contributed by atoms with Gasteiger partial charge in [-0.25, -0.2) is 19.2 Å². The molecule has 3 atom stereocenters. The van der Waals surface area contributed by atoms with Gasteiger partial charge in [0.25, 0.3) is 0 Å². The van der Waals surface area contributed by atoms with Crippen molar-refractivity contribution in [2.75, 3.05) is 6.61 Å². The molecule has 0 unspecified atom stereocenters. The van der Waals surface area contributed by atoms with Crippen LogP contribution >= 0.6 is 0 Å². The molecular weight excluding hydrogens is 668 g/mol. The quantitative estimate of drug-likeness (QED) is 0.146. The third-order valence-electron chi connectivity index (χ3n) is 7.90. The number of amides is 2. The maximum atomic E-state index is 13.7. The van der Waals surface area contributed by atoms with Crippen LogP contribution in [0.5, 0.6) is 0 Å². The van der Waals surface area contributed by atoms with Crippen LogP contribution in [-0.4, -0.2) is 66.1 Å². The highest BCUT2D eigenvalue weighted by molar-refractivity contribution is 5.85. The maximum absolute atomic E-state index is 13.7. The minimum absolute atomic E-state index is 0.0146. The van der Waals surface area contributed by atoms with Crippen LogP contribution in [0.25, 0.3) is 11.1 Å². The molecule has 1 aliphatic carbocycles. The normalized spacial score (nSPS) is 14.1. The molecule has 0 aromatic heterocycles. The van der Waals surface area contributed by atoms with Crippen molar-refractivity contribution in [3.8, 4) is 11.1 Å². The van der Waals surface area contributed by atoms with Gasteiger partial charge in [-0.3, -0.25) is 4.79 Å². The molecule has 278 valence electrons. The molecule has 2 amide bonds. The average Bonchev–Trinajstić information content (AvgIpc) is 3.39. The number of carbonyl (C=O) groups excluding carboxylic acids is 5. The Morgan fingerprint density at radius 2 is 1.23 bits per heavy atom. The number of carbonyl (C=O) groups is 5. The summed E-state index contributed by atoms with van der Waals surface area (Å²) in [6, 6.07) is 21.8. The number of alkyl carbamates (subject to hydrolysis) is 2. The van der Waals surface area contributed by atoms with Crippen LogP contribution < -0.4 is 10.6 Å². The summed E-state index contributed by atoms with van der Waals surface area (Å²) < 4.78 is 27.5. The molecule has 1 aliphatic rings. The smallest absolute Gasteiger partial charge is 0.408 e. The number of hydrogen-bond donors (Lipinski definition) is 2. The Labute approximate surface area is 304 Å². The van der Waals surface area contributed by atoms with E-state index in [1.165, 1.54) is 6.92 Å². The van der Waals surface area contributed by atoms with E-state index in [1.54, 1.807) is 65.8 Å². The first-order chi connectivity index (χ1) is 24.5. The lowest BCUT2D eigenvalue weighted by Gasteiger charge is -2.27. The van der Waals surface area contributed by atoms with E-state index in [0.29, 0.717) is 5.56 Å².